The van der Waals surface area contributed by atoms with Gasteiger partial charge in [0, 0.05) is 18.0 Å². The van der Waals surface area contributed by atoms with Gasteiger partial charge in [-0.15, -0.1) is 0 Å². The van der Waals surface area contributed by atoms with Gasteiger partial charge in [-0.25, -0.2) is 0 Å². The number of amides is 1. The number of benzene rings is 2. The number of ether oxygens (including phenoxy) is 1. The first-order chi connectivity index (χ1) is 11.6. The summed E-state index contributed by atoms with van der Waals surface area (Å²) >= 11 is 5.92. The summed E-state index contributed by atoms with van der Waals surface area (Å²) < 4.78 is 5.80. The molecule has 1 aliphatic rings. The van der Waals surface area contributed by atoms with E-state index < -0.39 is 0 Å². The molecule has 0 spiro atoms. The molecule has 1 aliphatic heterocycles. The lowest BCUT2D eigenvalue weighted by Gasteiger charge is -2.33. The highest BCUT2D eigenvalue weighted by atomic mass is 35.5. The van der Waals surface area contributed by atoms with Gasteiger partial charge in [0.05, 0.1) is 13.2 Å². The molecule has 24 heavy (non-hydrogen) atoms. The summed E-state index contributed by atoms with van der Waals surface area (Å²) in [6.07, 6.45) is 1.02. The van der Waals surface area contributed by atoms with Gasteiger partial charge in [-0.1, -0.05) is 35.9 Å². The molecule has 5 heteroatoms. The first kappa shape index (κ1) is 16.8. The number of aromatic hydroxyl groups is 1. The molecule has 1 amide bonds. The minimum Gasteiger partial charge on any atom is -0.508 e. The van der Waals surface area contributed by atoms with Crippen molar-refractivity contribution in [3.63, 3.8) is 0 Å². The molecule has 1 atom stereocenters. The van der Waals surface area contributed by atoms with Crippen LogP contribution in [0.3, 0.4) is 0 Å². The maximum Gasteiger partial charge on any atom is 0.223 e. The van der Waals surface area contributed by atoms with Crippen molar-refractivity contribution in [1.29, 1.82) is 0 Å². The van der Waals surface area contributed by atoms with Crippen molar-refractivity contribution < 1.29 is 14.6 Å². The van der Waals surface area contributed by atoms with E-state index in [4.69, 9.17) is 16.3 Å². The highest BCUT2D eigenvalue weighted by Gasteiger charge is 2.25. The Balaban J connectivity index is 1.56. The van der Waals surface area contributed by atoms with Crippen LogP contribution in [0.5, 0.6) is 5.75 Å². The third-order valence-corrected chi connectivity index (χ3v) is 4.48. The number of phenols is 1. The fraction of sp³-hybridized carbons (Fsp3) is 0.316. The molecule has 1 N–H and O–H groups in total. The second kappa shape index (κ2) is 7.69. The maximum absolute atomic E-state index is 12.5. The summed E-state index contributed by atoms with van der Waals surface area (Å²) in [5.74, 6) is 0.370. The third-order valence-electron chi connectivity index (χ3n) is 4.22. The van der Waals surface area contributed by atoms with Gasteiger partial charge in [0.1, 0.15) is 11.9 Å². The zero-order valence-electron chi connectivity index (χ0n) is 13.3. The Hall–Kier alpha value is -2.04. The van der Waals surface area contributed by atoms with E-state index in [2.05, 4.69) is 0 Å². The number of halogens is 1. The van der Waals surface area contributed by atoms with Gasteiger partial charge in [0.25, 0.3) is 0 Å². The number of hydrogen-bond donors (Lipinski definition) is 1. The smallest absolute Gasteiger partial charge is 0.223 e. The summed E-state index contributed by atoms with van der Waals surface area (Å²) in [4.78, 5) is 14.3. The summed E-state index contributed by atoms with van der Waals surface area (Å²) in [6, 6.07) is 14.5. The molecule has 3 rings (SSSR count). The van der Waals surface area contributed by atoms with E-state index >= 15 is 0 Å². The Bertz CT molecular complexity index is 685. The molecule has 0 bridgehead atoms. The predicted octanol–water partition coefficient (Wildman–Crippen LogP) is 3.58. The molecule has 1 fully saturated rings. The monoisotopic (exact) mass is 345 g/mol. The molecular formula is C19H20ClNO3. The molecule has 4 nitrogen and oxygen atoms in total. The molecule has 0 unspecified atom stereocenters. The Kier molecular flexibility index (Phi) is 5.38. The van der Waals surface area contributed by atoms with Gasteiger partial charge >= 0.3 is 0 Å². The Morgan fingerprint density at radius 1 is 1.17 bits per heavy atom. The maximum atomic E-state index is 12.5. The van der Waals surface area contributed by atoms with Crippen LogP contribution in [0, 0.1) is 0 Å². The molecule has 0 radical (unpaired) electrons. The lowest BCUT2D eigenvalue weighted by molar-refractivity contribution is -0.139. The molecule has 2 aromatic carbocycles. The van der Waals surface area contributed by atoms with E-state index in [1.165, 1.54) is 0 Å². The van der Waals surface area contributed by atoms with E-state index in [1.807, 2.05) is 41.3 Å². The van der Waals surface area contributed by atoms with E-state index in [0.29, 0.717) is 37.6 Å². The first-order valence-corrected chi connectivity index (χ1v) is 8.42. The Morgan fingerprint density at radius 3 is 2.58 bits per heavy atom. The molecule has 0 aliphatic carbocycles. The standard InChI is InChI=1S/C19H20ClNO3/c20-16-6-4-15(5-7-16)18-13-21(11-12-24-18)19(23)10-3-14-1-8-17(22)9-2-14/h1-2,4-9,18,22H,3,10-13H2/t18-/m0/s1. The van der Waals surface area contributed by atoms with E-state index in [0.717, 1.165) is 11.1 Å². The highest BCUT2D eigenvalue weighted by Crippen LogP contribution is 2.24. The number of carbonyl (C=O) groups excluding carboxylic acids is 1. The number of rotatable bonds is 4. The molecule has 2 aromatic rings. The van der Waals surface area contributed by atoms with Crippen LogP contribution in [0.15, 0.2) is 48.5 Å². The summed E-state index contributed by atoms with van der Waals surface area (Å²) in [5.41, 5.74) is 2.08. The number of nitrogens with zero attached hydrogens (tertiary/aromatic N) is 1. The normalized spacial score (nSPS) is 17.7. The van der Waals surface area contributed by atoms with Crippen molar-refractivity contribution in [2.45, 2.75) is 18.9 Å². The lowest BCUT2D eigenvalue weighted by atomic mass is 10.1. The average molecular weight is 346 g/mol. The number of hydrogen-bond acceptors (Lipinski definition) is 3. The van der Waals surface area contributed by atoms with Gasteiger partial charge in [-0.3, -0.25) is 4.79 Å². The van der Waals surface area contributed by atoms with Crippen molar-refractivity contribution in [2.24, 2.45) is 0 Å². The largest absolute Gasteiger partial charge is 0.508 e. The number of carbonyl (C=O) groups is 1. The molecule has 1 saturated heterocycles. The van der Waals surface area contributed by atoms with Gasteiger partial charge in [0.15, 0.2) is 0 Å². The second-order valence-electron chi connectivity index (χ2n) is 5.92. The van der Waals surface area contributed by atoms with E-state index in [9.17, 15) is 9.90 Å². The van der Waals surface area contributed by atoms with Gasteiger partial charge in [-0.05, 0) is 41.8 Å². The van der Waals surface area contributed by atoms with Crippen LogP contribution >= 0.6 is 11.6 Å². The SMILES string of the molecule is O=C(CCc1ccc(O)cc1)N1CCO[C@H](c2ccc(Cl)cc2)C1. The van der Waals surface area contributed by atoms with Crippen molar-refractivity contribution in [2.75, 3.05) is 19.7 Å². The van der Waals surface area contributed by atoms with Crippen molar-refractivity contribution in [1.82, 2.24) is 4.90 Å². The van der Waals surface area contributed by atoms with E-state index in [1.54, 1.807) is 12.1 Å². The Labute approximate surface area is 146 Å². The van der Waals surface area contributed by atoms with Crippen LogP contribution in [0.4, 0.5) is 0 Å². The zero-order chi connectivity index (χ0) is 16.9. The van der Waals surface area contributed by atoms with Crippen LogP contribution in [0.1, 0.15) is 23.7 Å². The molecule has 1 heterocycles. The summed E-state index contributed by atoms with van der Waals surface area (Å²) in [6.45, 7) is 1.73. The second-order valence-corrected chi connectivity index (χ2v) is 6.35. The highest BCUT2D eigenvalue weighted by molar-refractivity contribution is 6.30. The van der Waals surface area contributed by atoms with Gasteiger partial charge in [0.2, 0.25) is 5.91 Å². The number of phenolic OH excluding ortho intramolecular Hbond substituents is 1. The van der Waals surface area contributed by atoms with Crippen LogP contribution < -0.4 is 0 Å². The van der Waals surface area contributed by atoms with Crippen LogP contribution in [0.2, 0.25) is 5.02 Å². The third kappa shape index (κ3) is 4.28. The predicted molar refractivity (Wildman–Crippen MR) is 93.2 cm³/mol. The van der Waals surface area contributed by atoms with Crippen molar-refractivity contribution in [3.05, 3.63) is 64.7 Å². The van der Waals surface area contributed by atoms with Crippen molar-refractivity contribution >= 4 is 17.5 Å². The summed E-state index contributed by atoms with van der Waals surface area (Å²) in [7, 11) is 0. The minimum absolute atomic E-state index is 0.103. The minimum atomic E-state index is -0.103. The molecule has 126 valence electrons. The van der Waals surface area contributed by atoms with Crippen LogP contribution in [0.25, 0.3) is 0 Å². The lowest BCUT2D eigenvalue weighted by Crippen LogP contribution is -2.42. The fourth-order valence-electron chi connectivity index (χ4n) is 2.83. The fourth-order valence-corrected chi connectivity index (χ4v) is 2.95. The van der Waals surface area contributed by atoms with Gasteiger partial charge < -0.3 is 14.7 Å². The van der Waals surface area contributed by atoms with Crippen molar-refractivity contribution in [3.8, 4) is 5.75 Å². The van der Waals surface area contributed by atoms with Gasteiger partial charge in [-0.2, -0.15) is 0 Å². The van der Waals surface area contributed by atoms with E-state index in [-0.39, 0.29) is 17.8 Å². The first-order valence-electron chi connectivity index (χ1n) is 8.04. The quantitative estimate of drug-likeness (QED) is 0.921. The average Bonchev–Trinajstić information content (AvgIpc) is 2.62. The van der Waals surface area contributed by atoms with Crippen LogP contribution in [-0.2, 0) is 16.0 Å². The summed E-state index contributed by atoms with van der Waals surface area (Å²) in [5, 5.41) is 9.99. The number of aryl methyl sites for hydroxylation is 1. The molecule has 0 aromatic heterocycles. The Morgan fingerprint density at radius 2 is 1.88 bits per heavy atom. The number of morpholine rings is 1. The topological polar surface area (TPSA) is 49.8 Å². The zero-order valence-corrected chi connectivity index (χ0v) is 14.1. The van der Waals surface area contributed by atoms with Crippen LogP contribution in [-0.4, -0.2) is 35.6 Å². The molecule has 0 saturated carbocycles. The molecular weight excluding hydrogens is 326 g/mol.